The molecule has 88 valence electrons. The smallest absolute Gasteiger partial charge is 0.151 e. The molecule has 1 saturated heterocycles. The Hall–Kier alpha value is -1.74. The van der Waals surface area contributed by atoms with Crippen molar-refractivity contribution in [3.8, 4) is 5.75 Å². The van der Waals surface area contributed by atoms with Crippen molar-refractivity contribution < 1.29 is 14.9 Å². The number of rotatable bonds is 2. The lowest BCUT2D eigenvalue weighted by Gasteiger charge is -2.24. The third-order valence-corrected chi connectivity index (χ3v) is 3.33. The molecule has 1 unspecified atom stereocenters. The van der Waals surface area contributed by atoms with Gasteiger partial charge in [-0.25, -0.2) is 0 Å². The van der Waals surface area contributed by atoms with E-state index in [9.17, 15) is 5.11 Å². The number of aromatic hydroxyl groups is 1. The molecular formula is C14H14O3. The van der Waals surface area contributed by atoms with Crippen LogP contribution in [0.15, 0.2) is 48.3 Å². The second kappa shape index (κ2) is 3.93. The second-order valence-electron chi connectivity index (χ2n) is 4.51. The summed E-state index contributed by atoms with van der Waals surface area (Å²) < 4.78 is 0. The van der Waals surface area contributed by atoms with Crippen LogP contribution < -0.4 is 0 Å². The minimum atomic E-state index is -0.239. The monoisotopic (exact) mass is 230 g/mol. The maximum atomic E-state index is 9.83. The van der Waals surface area contributed by atoms with Crippen LogP contribution in [-0.2, 0) is 16.2 Å². The Morgan fingerprint density at radius 3 is 3.06 bits per heavy atom. The van der Waals surface area contributed by atoms with Crippen LogP contribution in [0.5, 0.6) is 5.75 Å². The predicted octanol–water partition coefficient (Wildman–Crippen LogP) is 2.73. The number of para-hydroxylation sites is 1. The first kappa shape index (κ1) is 10.4. The summed E-state index contributed by atoms with van der Waals surface area (Å²) in [7, 11) is 0. The minimum absolute atomic E-state index is 0.239. The molecular weight excluding hydrogens is 216 g/mol. The van der Waals surface area contributed by atoms with Crippen molar-refractivity contribution in [1.29, 1.82) is 0 Å². The number of phenols is 1. The predicted molar refractivity (Wildman–Crippen MR) is 63.1 cm³/mol. The topological polar surface area (TPSA) is 38.7 Å². The van der Waals surface area contributed by atoms with Crippen LogP contribution in [0.25, 0.3) is 0 Å². The van der Waals surface area contributed by atoms with Gasteiger partial charge in [0.25, 0.3) is 0 Å². The molecule has 1 aliphatic carbocycles. The Morgan fingerprint density at radius 2 is 2.18 bits per heavy atom. The first-order valence-electron chi connectivity index (χ1n) is 5.75. The summed E-state index contributed by atoms with van der Waals surface area (Å²) in [5.41, 5.74) is 0.677. The zero-order valence-electron chi connectivity index (χ0n) is 9.43. The van der Waals surface area contributed by atoms with Crippen LogP contribution in [0, 0.1) is 5.41 Å². The molecule has 0 aromatic heterocycles. The number of hydrogen-bond donors (Lipinski definition) is 1. The van der Waals surface area contributed by atoms with Gasteiger partial charge < -0.3 is 9.99 Å². The summed E-state index contributed by atoms with van der Waals surface area (Å²) in [5.74, 6) is 1.19. The number of hydrogen-bond acceptors (Lipinski definition) is 3. The van der Waals surface area contributed by atoms with E-state index in [-0.39, 0.29) is 5.41 Å². The largest absolute Gasteiger partial charge is 0.508 e. The fraction of sp³-hybridized carbons (Fsp3) is 0.286. The van der Waals surface area contributed by atoms with Gasteiger partial charge in [0.15, 0.2) is 5.76 Å². The Morgan fingerprint density at radius 1 is 1.29 bits per heavy atom. The number of benzene rings is 1. The van der Waals surface area contributed by atoms with Gasteiger partial charge in [0.1, 0.15) is 12.4 Å². The van der Waals surface area contributed by atoms with Gasteiger partial charge in [-0.15, -0.1) is 0 Å². The fourth-order valence-electron chi connectivity index (χ4n) is 2.39. The molecule has 0 bridgehead atoms. The molecule has 1 aromatic carbocycles. The van der Waals surface area contributed by atoms with Crippen LogP contribution in [0.4, 0.5) is 0 Å². The summed E-state index contributed by atoms with van der Waals surface area (Å²) in [6.07, 6.45) is 7.85. The van der Waals surface area contributed by atoms with E-state index in [4.69, 9.17) is 9.78 Å². The lowest BCUT2D eigenvalue weighted by molar-refractivity contribution is -0.224. The van der Waals surface area contributed by atoms with Crippen molar-refractivity contribution in [3.05, 3.63) is 53.8 Å². The van der Waals surface area contributed by atoms with Gasteiger partial charge in [-0.1, -0.05) is 30.4 Å². The van der Waals surface area contributed by atoms with Crippen molar-refractivity contribution in [1.82, 2.24) is 0 Å². The van der Waals surface area contributed by atoms with Crippen LogP contribution >= 0.6 is 0 Å². The molecule has 1 atom stereocenters. The molecule has 1 aromatic rings. The van der Waals surface area contributed by atoms with E-state index >= 15 is 0 Å². The number of phenolic OH excluding ortho intramolecular Hbond substituents is 1. The van der Waals surface area contributed by atoms with Gasteiger partial charge in [-0.3, -0.25) is 0 Å². The van der Waals surface area contributed by atoms with E-state index in [1.165, 1.54) is 0 Å². The molecule has 2 aliphatic rings. The lowest BCUT2D eigenvalue weighted by Crippen LogP contribution is -2.24. The van der Waals surface area contributed by atoms with Gasteiger partial charge >= 0.3 is 0 Å². The van der Waals surface area contributed by atoms with Gasteiger partial charge in [-0.2, -0.15) is 4.89 Å². The highest BCUT2D eigenvalue weighted by Gasteiger charge is 2.42. The summed E-state index contributed by atoms with van der Waals surface area (Å²) in [4.78, 5) is 10.3. The second-order valence-corrected chi connectivity index (χ2v) is 4.51. The molecule has 1 heterocycles. The molecule has 17 heavy (non-hydrogen) atoms. The standard InChI is InChI=1S/C14H14O3/c15-12-6-2-1-5-11(12)9-14-8-4-3-7-13(14)17-16-10-14/h1-2,4-8,15H,3,9-10H2. The van der Waals surface area contributed by atoms with Gasteiger partial charge in [0.2, 0.25) is 0 Å². The Bertz CT molecular complexity index is 490. The van der Waals surface area contributed by atoms with Crippen molar-refractivity contribution in [3.63, 3.8) is 0 Å². The van der Waals surface area contributed by atoms with Crippen molar-refractivity contribution in [2.45, 2.75) is 12.8 Å². The van der Waals surface area contributed by atoms with E-state index in [2.05, 4.69) is 12.2 Å². The van der Waals surface area contributed by atoms with E-state index in [1.54, 1.807) is 6.07 Å². The molecule has 0 spiro atoms. The first-order chi connectivity index (χ1) is 8.30. The highest BCUT2D eigenvalue weighted by Crippen LogP contribution is 2.43. The Labute approximate surface area is 99.9 Å². The summed E-state index contributed by atoms with van der Waals surface area (Å²) >= 11 is 0. The molecule has 1 fully saturated rings. The molecule has 3 heteroatoms. The summed E-state index contributed by atoms with van der Waals surface area (Å²) in [6.45, 7) is 0.504. The average molecular weight is 230 g/mol. The molecule has 3 rings (SSSR count). The number of fused-ring (bicyclic) bond motifs is 1. The third-order valence-electron chi connectivity index (χ3n) is 3.33. The fourth-order valence-corrected chi connectivity index (χ4v) is 2.39. The molecule has 0 saturated carbocycles. The Kier molecular flexibility index (Phi) is 2.41. The van der Waals surface area contributed by atoms with Gasteiger partial charge in [0.05, 0.1) is 5.41 Å². The number of allylic oxidation sites excluding steroid dienone is 2. The van der Waals surface area contributed by atoms with Crippen LogP contribution in [0.1, 0.15) is 12.0 Å². The first-order valence-corrected chi connectivity index (χ1v) is 5.75. The minimum Gasteiger partial charge on any atom is -0.508 e. The molecule has 1 N–H and O–H groups in total. The highest BCUT2D eigenvalue weighted by atomic mass is 17.2. The third kappa shape index (κ3) is 1.72. The maximum Gasteiger partial charge on any atom is 0.151 e. The summed E-state index contributed by atoms with van der Waals surface area (Å²) in [6, 6.07) is 7.39. The van der Waals surface area contributed by atoms with Crippen LogP contribution in [0.3, 0.4) is 0 Å². The van der Waals surface area contributed by atoms with Crippen molar-refractivity contribution in [2.24, 2.45) is 5.41 Å². The van der Waals surface area contributed by atoms with E-state index in [0.717, 1.165) is 17.7 Å². The van der Waals surface area contributed by atoms with E-state index < -0.39 is 0 Å². The maximum absolute atomic E-state index is 9.83. The van der Waals surface area contributed by atoms with Gasteiger partial charge in [0, 0.05) is 0 Å². The van der Waals surface area contributed by atoms with Crippen LogP contribution in [0.2, 0.25) is 0 Å². The highest BCUT2D eigenvalue weighted by molar-refractivity contribution is 5.37. The lowest BCUT2D eigenvalue weighted by atomic mass is 9.78. The molecule has 1 aliphatic heterocycles. The summed E-state index contributed by atoms with van der Waals surface area (Å²) in [5, 5.41) is 9.83. The SMILES string of the molecule is Oc1ccccc1CC12C=CCC=C1OOC2. The van der Waals surface area contributed by atoms with Crippen molar-refractivity contribution >= 4 is 0 Å². The Balaban J connectivity index is 1.94. The van der Waals surface area contributed by atoms with E-state index in [0.29, 0.717) is 18.8 Å². The molecule has 0 radical (unpaired) electrons. The molecule has 3 nitrogen and oxygen atoms in total. The van der Waals surface area contributed by atoms with E-state index in [1.807, 2.05) is 24.3 Å². The van der Waals surface area contributed by atoms with Crippen LogP contribution in [-0.4, -0.2) is 11.7 Å². The average Bonchev–Trinajstić information content (AvgIpc) is 2.75. The zero-order valence-corrected chi connectivity index (χ0v) is 9.43. The quantitative estimate of drug-likeness (QED) is 0.627. The normalized spacial score (nSPS) is 26.2. The zero-order chi connectivity index (χ0) is 11.7. The molecule has 0 amide bonds. The van der Waals surface area contributed by atoms with Gasteiger partial charge in [-0.05, 0) is 30.5 Å². The van der Waals surface area contributed by atoms with Crippen molar-refractivity contribution in [2.75, 3.05) is 6.61 Å².